The normalized spacial score (nSPS) is 26.4. The summed E-state index contributed by atoms with van der Waals surface area (Å²) >= 11 is 0. The fraction of sp³-hybridized carbons (Fsp3) is 0.545. The number of carbonyl (C=O) groups is 4. The van der Waals surface area contributed by atoms with Crippen LogP contribution in [0.1, 0.15) is 38.6 Å². The van der Waals surface area contributed by atoms with Gasteiger partial charge in [-0.25, -0.2) is 0 Å². The minimum atomic E-state index is -1.57. The molecule has 0 aliphatic carbocycles. The van der Waals surface area contributed by atoms with E-state index in [9.17, 15) is 19.2 Å². The number of carbonyl (C=O) groups excluding carboxylic acids is 4. The number of esters is 4. The predicted octanol–water partition coefficient (Wildman–Crippen LogP) is 1.33. The maximum atomic E-state index is 12.1. The average molecular weight is 456 g/mol. The highest BCUT2D eigenvalue weighted by atomic mass is 16.7. The van der Waals surface area contributed by atoms with E-state index in [1.807, 2.05) is 30.3 Å². The van der Waals surface area contributed by atoms with Gasteiger partial charge in [-0.2, -0.15) is 0 Å². The average Bonchev–Trinajstić information content (AvgIpc) is 2.90. The van der Waals surface area contributed by atoms with Gasteiger partial charge in [0.15, 0.2) is 24.6 Å². The molecule has 0 radical (unpaired) electrons. The lowest BCUT2D eigenvalue weighted by Gasteiger charge is -2.44. The molecule has 1 fully saturated rings. The highest BCUT2D eigenvalue weighted by Crippen LogP contribution is 2.30. The van der Waals surface area contributed by atoms with Crippen LogP contribution >= 0.6 is 0 Å². The third kappa shape index (κ3) is 7.93. The maximum absolute atomic E-state index is 12.1. The number of ether oxygens (including phenoxy) is 6. The zero-order chi connectivity index (χ0) is 26.5. The van der Waals surface area contributed by atoms with Crippen molar-refractivity contribution in [2.45, 2.75) is 64.7 Å². The first-order chi connectivity index (χ1) is 17.3. The molecule has 1 aromatic carbocycles. The molecule has 10 nitrogen and oxygen atoms in total. The van der Waals surface area contributed by atoms with Crippen molar-refractivity contribution in [3.8, 4) is 0 Å². The van der Waals surface area contributed by atoms with E-state index < -0.39 is 88.8 Å². The number of rotatable bonds is 9. The van der Waals surface area contributed by atoms with Crippen LogP contribution in [-0.4, -0.2) is 67.8 Å². The Kier molecular flexibility index (Phi) is 7.48. The van der Waals surface area contributed by atoms with Crippen molar-refractivity contribution in [1.29, 1.82) is 0 Å². The van der Waals surface area contributed by atoms with E-state index in [0.29, 0.717) is 6.42 Å². The Morgan fingerprint density at radius 1 is 0.844 bits per heavy atom. The molecule has 1 aliphatic heterocycles. The van der Waals surface area contributed by atoms with Crippen LogP contribution in [-0.2, 0) is 54.0 Å². The van der Waals surface area contributed by atoms with Crippen molar-refractivity contribution < 1.29 is 53.1 Å². The van der Waals surface area contributed by atoms with Gasteiger partial charge in [0, 0.05) is 33.1 Å². The molecule has 0 N–H and O–H groups in total. The highest BCUT2D eigenvalue weighted by Gasteiger charge is 2.52. The van der Waals surface area contributed by atoms with Crippen molar-refractivity contribution >= 4 is 23.9 Å². The Balaban J connectivity index is 2.36. The van der Waals surface area contributed by atoms with Crippen LogP contribution in [0, 0.1) is 0 Å². The second kappa shape index (κ2) is 12.2. The zero-order valence-electron chi connectivity index (χ0n) is 21.3. The van der Waals surface area contributed by atoms with Gasteiger partial charge in [-0.05, 0) is 12.0 Å². The van der Waals surface area contributed by atoms with Gasteiger partial charge in [-0.3, -0.25) is 19.2 Å². The molecule has 0 bridgehead atoms. The van der Waals surface area contributed by atoms with Gasteiger partial charge in [0.05, 0.1) is 6.61 Å². The first-order valence-corrected chi connectivity index (χ1v) is 9.54. The molecule has 32 heavy (non-hydrogen) atoms. The molecule has 1 heterocycles. The van der Waals surface area contributed by atoms with Crippen LogP contribution in [0.4, 0.5) is 0 Å². The summed E-state index contributed by atoms with van der Waals surface area (Å²) in [7, 11) is 0. The Bertz CT molecular complexity index is 872. The molecule has 0 amide bonds. The summed E-state index contributed by atoms with van der Waals surface area (Å²) in [5.41, 5.74) is 0.924. The summed E-state index contributed by atoms with van der Waals surface area (Å²) < 4.78 is 61.2. The monoisotopic (exact) mass is 456 g/mol. The highest BCUT2D eigenvalue weighted by molar-refractivity contribution is 5.68. The van der Waals surface area contributed by atoms with Crippen molar-refractivity contribution in [2.75, 3.05) is 13.2 Å². The van der Waals surface area contributed by atoms with Crippen LogP contribution < -0.4 is 0 Å². The second-order valence-corrected chi connectivity index (χ2v) is 6.70. The van der Waals surface area contributed by atoms with Gasteiger partial charge in [0.2, 0.25) is 0 Å². The summed E-state index contributed by atoms with van der Waals surface area (Å²) in [4.78, 5) is 47.6. The van der Waals surface area contributed by atoms with Crippen molar-refractivity contribution in [3.05, 3.63) is 35.9 Å². The van der Waals surface area contributed by atoms with Gasteiger partial charge in [0.25, 0.3) is 0 Å². The first kappa shape index (κ1) is 19.7. The van der Waals surface area contributed by atoms with Crippen LogP contribution in [0.5, 0.6) is 0 Å². The van der Waals surface area contributed by atoms with E-state index >= 15 is 0 Å². The molecule has 2 rings (SSSR count). The SMILES string of the molecule is [2H]CC(=O)OC[C@H]1OC(OCCc2ccccc2)[C@H](OC(=O)C[2H])[C@@H](OC(=O)C[2H])[C@@H]1OC(=O)C[2H]. The lowest BCUT2D eigenvalue weighted by molar-refractivity contribution is -0.307. The summed E-state index contributed by atoms with van der Waals surface area (Å²) in [6.07, 6.45) is -6.88. The van der Waals surface area contributed by atoms with E-state index in [4.69, 9.17) is 33.9 Å². The van der Waals surface area contributed by atoms with Crippen molar-refractivity contribution in [2.24, 2.45) is 0 Å². The smallest absolute Gasteiger partial charge is 0.303 e. The molecule has 1 aromatic rings. The molecule has 1 unspecified atom stereocenters. The fourth-order valence-corrected chi connectivity index (χ4v) is 3.12. The number of hydrogen-bond acceptors (Lipinski definition) is 10. The van der Waals surface area contributed by atoms with Gasteiger partial charge in [-0.15, -0.1) is 0 Å². The molecular formula is C22H28O10. The number of hydrogen-bond donors (Lipinski definition) is 0. The van der Waals surface area contributed by atoms with Gasteiger partial charge < -0.3 is 28.4 Å². The van der Waals surface area contributed by atoms with E-state index in [2.05, 4.69) is 0 Å². The standard InChI is InChI=1S/C22H28O10/c1-13(23)28-12-18-19(29-14(2)24)20(30-15(3)25)21(31-16(4)26)22(32-18)27-11-10-17-8-6-5-7-9-17/h5-9,18-22H,10-12H2,1-4H3/t18-,19-,20+,21-,22?/m1/s1/i1D,2D,3D,4D. The predicted molar refractivity (Wildman–Crippen MR) is 108 cm³/mol. The molecule has 176 valence electrons. The maximum Gasteiger partial charge on any atom is 0.303 e. The lowest BCUT2D eigenvalue weighted by atomic mass is 9.98. The minimum Gasteiger partial charge on any atom is -0.463 e. The molecular weight excluding hydrogens is 424 g/mol. The molecule has 0 aromatic heterocycles. The van der Waals surface area contributed by atoms with Gasteiger partial charge >= 0.3 is 23.9 Å². The molecule has 1 saturated heterocycles. The van der Waals surface area contributed by atoms with Gasteiger partial charge in [-0.1, -0.05) is 30.3 Å². The zero-order valence-corrected chi connectivity index (χ0v) is 17.3. The minimum absolute atomic E-state index is 0.0547. The Hall–Kier alpha value is -2.98. The summed E-state index contributed by atoms with van der Waals surface area (Å²) in [6, 6.07) is 9.24. The van der Waals surface area contributed by atoms with E-state index in [0.717, 1.165) is 5.56 Å². The molecule has 1 aliphatic rings. The fourth-order valence-electron chi connectivity index (χ4n) is 3.12. The largest absolute Gasteiger partial charge is 0.463 e. The molecule has 0 saturated carbocycles. The first-order valence-electron chi connectivity index (χ1n) is 12.4. The van der Waals surface area contributed by atoms with E-state index in [1.54, 1.807) is 0 Å². The van der Waals surface area contributed by atoms with Crippen LogP contribution in [0.2, 0.25) is 0 Å². The van der Waals surface area contributed by atoms with Crippen LogP contribution in [0.3, 0.4) is 0 Å². The second-order valence-electron chi connectivity index (χ2n) is 6.70. The molecule has 0 spiro atoms. The Morgan fingerprint density at radius 2 is 1.44 bits per heavy atom. The summed E-state index contributed by atoms with van der Waals surface area (Å²) in [5, 5.41) is 0. The van der Waals surface area contributed by atoms with Crippen LogP contribution in [0.15, 0.2) is 30.3 Å². The van der Waals surface area contributed by atoms with E-state index in [-0.39, 0.29) is 6.61 Å². The topological polar surface area (TPSA) is 124 Å². The third-order valence-corrected chi connectivity index (χ3v) is 4.32. The Labute approximate surface area is 191 Å². The Morgan fingerprint density at radius 3 is 2.06 bits per heavy atom. The molecule has 5 atom stereocenters. The quantitative estimate of drug-likeness (QED) is 0.397. The van der Waals surface area contributed by atoms with Crippen molar-refractivity contribution in [3.63, 3.8) is 0 Å². The van der Waals surface area contributed by atoms with Crippen molar-refractivity contribution in [1.82, 2.24) is 0 Å². The molecule has 10 heteroatoms. The lowest BCUT2D eigenvalue weighted by Crippen LogP contribution is -2.63. The van der Waals surface area contributed by atoms with E-state index in [1.165, 1.54) is 0 Å². The van der Waals surface area contributed by atoms with Gasteiger partial charge in [0.1, 0.15) is 12.7 Å². The van der Waals surface area contributed by atoms with Crippen LogP contribution in [0.25, 0.3) is 0 Å². The summed E-state index contributed by atoms with van der Waals surface area (Å²) in [5.74, 6) is -4.02. The third-order valence-electron chi connectivity index (χ3n) is 4.32. The number of benzene rings is 1. The summed E-state index contributed by atoms with van der Waals surface area (Å²) in [6.45, 7) is -3.58.